The van der Waals surface area contributed by atoms with Crippen LogP contribution >= 0.6 is 28.6 Å². The van der Waals surface area contributed by atoms with Gasteiger partial charge in [0.1, 0.15) is 0 Å². The number of halogens is 1. The standard InChI is InChI=1S/C11H13BrOS/c12-10-4-2-1-3-9(10)11(5-6-14)7-13-8-11/h1-4,14H,5-8H2. The molecular formula is C11H13BrOS. The van der Waals surface area contributed by atoms with E-state index in [4.69, 9.17) is 4.74 Å². The van der Waals surface area contributed by atoms with Crippen LogP contribution in [0, 0.1) is 0 Å². The first-order valence-electron chi connectivity index (χ1n) is 4.72. The molecular weight excluding hydrogens is 260 g/mol. The van der Waals surface area contributed by atoms with Crippen molar-refractivity contribution in [3.63, 3.8) is 0 Å². The van der Waals surface area contributed by atoms with Crippen molar-refractivity contribution in [2.75, 3.05) is 19.0 Å². The third-order valence-electron chi connectivity index (χ3n) is 2.79. The van der Waals surface area contributed by atoms with Gasteiger partial charge in [0, 0.05) is 9.89 Å². The number of ether oxygens (including phenoxy) is 1. The van der Waals surface area contributed by atoms with Gasteiger partial charge in [0.15, 0.2) is 0 Å². The summed E-state index contributed by atoms with van der Waals surface area (Å²) < 4.78 is 6.53. The van der Waals surface area contributed by atoms with E-state index in [2.05, 4.69) is 46.8 Å². The minimum atomic E-state index is 0.210. The van der Waals surface area contributed by atoms with E-state index >= 15 is 0 Å². The zero-order chi connectivity index (χ0) is 10.0. The molecule has 1 saturated heterocycles. The third kappa shape index (κ3) is 1.73. The fraction of sp³-hybridized carbons (Fsp3) is 0.455. The van der Waals surface area contributed by atoms with Gasteiger partial charge in [0.05, 0.1) is 13.2 Å². The smallest absolute Gasteiger partial charge is 0.0586 e. The largest absolute Gasteiger partial charge is 0.379 e. The molecule has 2 rings (SSSR count). The zero-order valence-corrected chi connectivity index (χ0v) is 10.4. The maximum Gasteiger partial charge on any atom is 0.0586 e. The Labute approximate surface area is 98.4 Å². The topological polar surface area (TPSA) is 9.23 Å². The fourth-order valence-electron chi connectivity index (χ4n) is 1.89. The summed E-state index contributed by atoms with van der Waals surface area (Å²) in [6.45, 7) is 1.66. The lowest BCUT2D eigenvalue weighted by atomic mass is 9.76. The Morgan fingerprint density at radius 1 is 1.36 bits per heavy atom. The summed E-state index contributed by atoms with van der Waals surface area (Å²) >= 11 is 7.91. The average molecular weight is 273 g/mol. The first-order valence-corrected chi connectivity index (χ1v) is 6.15. The van der Waals surface area contributed by atoms with Gasteiger partial charge >= 0.3 is 0 Å². The van der Waals surface area contributed by atoms with Gasteiger partial charge in [-0.05, 0) is 23.8 Å². The van der Waals surface area contributed by atoms with Crippen LogP contribution in [0.25, 0.3) is 0 Å². The number of hydrogen-bond acceptors (Lipinski definition) is 2. The molecule has 0 amide bonds. The Kier molecular flexibility index (Phi) is 3.20. The van der Waals surface area contributed by atoms with Crippen LogP contribution in [0.15, 0.2) is 28.7 Å². The van der Waals surface area contributed by atoms with E-state index in [0.29, 0.717) is 0 Å². The predicted molar refractivity (Wildman–Crippen MR) is 65.1 cm³/mol. The molecule has 0 N–H and O–H groups in total. The first-order chi connectivity index (χ1) is 6.78. The van der Waals surface area contributed by atoms with Crippen molar-refractivity contribution in [2.24, 2.45) is 0 Å². The van der Waals surface area contributed by atoms with Gasteiger partial charge in [0.25, 0.3) is 0 Å². The molecule has 1 aromatic carbocycles. The molecule has 1 aliphatic rings. The average Bonchev–Trinajstić information content (AvgIpc) is 2.13. The molecule has 1 aromatic rings. The molecule has 0 spiro atoms. The van der Waals surface area contributed by atoms with Crippen LogP contribution in [0.3, 0.4) is 0 Å². The SMILES string of the molecule is SCCC1(c2ccccc2Br)COC1. The van der Waals surface area contributed by atoms with Crippen LogP contribution in [0.5, 0.6) is 0 Å². The van der Waals surface area contributed by atoms with Crippen molar-refractivity contribution < 1.29 is 4.74 Å². The van der Waals surface area contributed by atoms with Crippen molar-refractivity contribution in [1.29, 1.82) is 0 Å². The lowest BCUT2D eigenvalue weighted by Crippen LogP contribution is -2.47. The Hall–Kier alpha value is 0.01000. The second-order valence-corrected chi connectivity index (χ2v) is 5.03. The number of benzene rings is 1. The maximum atomic E-state index is 5.35. The highest BCUT2D eigenvalue weighted by molar-refractivity contribution is 9.10. The molecule has 0 saturated carbocycles. The molecule has 0 atom stereocenters. The van der Waals surface area contributed by atoms with Gasteiger partial charge in [0.2, 0.25) is 0 Å². The summed E-state index contributed by atoms with van der Waals surface area (Å²) in [5.41, 5.74) is 1.57. The minimum absolute atomic E-state index is 0.210. The normalized spacial score (nSPS) is 19.0. The maximum absolute atomic E-state index is 5.35. The molecule has 76 valence electrons. The van der Waals surface area contributed by atoms with Gasteiger partial charge in [-0.25, -0.2) is 0 Å². The summed E-state index contributed by atoms with van der Waals surface area (Å²) in [7, 11) is 0. The molecule has 1 heterocycles. The summed E-state index contributed by atoms with van der Waals surface area (Å²) in [4.78, 5) is 0. The highest BCUT2D eigenvalue weighted by Crippen LogP contribution is 2.39. The van der Waals surface area contributed by atoms with Crippen LogP contribution in [0.4, 0.5) is 0 Å². The van der Waals surface area contributed by atoms with Gasteiger partial charge in [-0.1, -0.05) is 34.1 Å². The van der Waals surface area contributed by atoms with Crippen LogP contribution in [-0.4, -0.2) is 19.0 Å². The van der Waals surface area contributed by atoms with E-state index in [9.17, 15) is 0 Å². The van der Waals surface area contributed by atoms with E-state index < -0.39 is 0 Å². The second-order valence-electron chi connectivity index (χ2n) is 3.73. The van der Waals surface area contributed by atoms with Gasteiger partial charge in [-0.3, -0.25) is 0 Å². The predicted octanol–water partition coefficient (Wildman–Crippen LogP) is 3.04. The van der Waals surface area contributed by atoms with Crippen molar-refractivity contribution >= 4 is 28.6 Å². The molecule has 3 heteroatoms. The van der Waals surface area contributed by atoms with Crippen LogP contribution in [0.1, 0.15) is 12.0 Å². The van der Waals surface area contributed by atoms with Crippen molar-refractivity contribution in [3.8, 4) is 0 Å². The quantitative estimate of drug-likeness (QED) is 0.833. The summed E-state index contributed by atoms with van der Waals surface area (Å²) in [5, 5.41) is 0. The molecule has 0 aliphatic carbocycles. The number of rotatable bonds is 3. The summed E-state index contributed by atoms with van der Waals surface area (Å²) in [6.07, 6.45) is 1.08. The highest BCUT2D eigenvalue weighted by Gasteiger charge is 2.40. The van der Waals surface area contributed by atoms with Gasteiger partial charge in [-0.15, -0.1) is 0 Å². The minimum Gasteiger partial charge on any atom is -0.379 e. The fourth-order valence-corrected chi connectivity index (χ4v) is 3.02. The molecule has 0 bridgehead atoms. The Morgan fingerprint density at radius 2 is 2.07 bits per heavy atom. The van der Waals surface area contributed by atoms with E-state index in [1.54, 1.807) is 0 Å². The van der Waals surface area contributed by atoms with Crippen LogP contribution < -0.4 is 0 Å². The lowest BCUT2D eigenvalue weighted by molar-refractivity contribution is -0.0617. The molecule has 1 aliphatic heterocycles. The summed E-state index contributed by atoms with van der Waals surface area (Å²) in [6, 6.07) is 8.39. The molecule has 0 aromatic heterocycles. The summed E-state index contributed by atoms with van der Waals surface area (Å²) in [5.74, 6) is 0.907. The Balaban J connectivity index is 2.32. The number of thiol groups is 1. The Morgan fingerprint density at radius 3 is 2.57 bits per heavy atom. The number of hydrogen-bond donors (Lipinski definition) is 1. The van der Waals surface area contributed by atoms with Gasteiger partial charge in [-0.2, -0.15) is 12.6 Å². The van der Waals surface area contributed by atoms with Crippen molar-refractivity contribution in [2.45, 2.75) is 11.8 Å². The second kappa shape index (κ2) is 4.25. The molecule has 14 heavy (non-hydrogen) atoms. The first kappa shape index (κ1) is 10.5. The lowest BCUT2D eigenvalue weighted by Gasteiger charge is -2.42. The molecule has 0 unspecified atom stereocenters. The Bertz CT molecular complexity index is 323. The van der Waals surface area contributed by atoms with Crippen LogP contribution in [-0.2, 0) is 10.2 Å². The van der Waals surface area contributed by atoms with Gasteiger partial charge < -0.3 is 4.74 Å². The van der Waals surface area contributed by atoms with Crippen molar-refractivity contribution in [1.82, 2.24) is 0 Å². The van der Waals surface area contributed by atoms with E-state index in [-0.39, 0.29) is 5.41 Å². The zero-order valence-electron chi connectivity index (χ0n) is 7.87. The van der Waals surface area contributed by atoms with Crippen molar-refractivity contribution in [3.05, 3.63) is 34.3 Å². The van der Waals surface area contributed by atoms with E-state index in [1.807, 2.05) is 6.07 Å². The third-order valence-corrected chi connectivity index (χ3v) is 3.71. The molecule has 0 radical (unpaired) electrons. The van der Waals surface area contributed by atoms with Crippen LogP contribution in [0.2, 0.25) is 0 Å². The molecule has 1 nitrogen and oxygen atoms in total. The monoisotopic (exact) mass is 272 g/mol. The molecule has 1 fully saturated rings. The van der Waals surface area contributed by atoms with E-state index in [1.165, 1.54) is 10.0 Å². The highest BCUT2D eigenvalue weighted by atomic mass is 79.9. The van der Waals surface area contributed by atoms with E-state index in [0.717, 1.165) is 25.4 Å².